The second kappa shape index (κ2) is 6.04. The van der Waals surface area contributed by atoms with Crippen molar-refractivity contribution in [1.29, 1.82) is 0 Å². The van der Waals surface area contributed by atoms with Gasteiger partial charge >= 0.3 is 6.01 Å². The van der Waals surface area contributed by atoms with E-state index in [2.05, 4.69) is 15.6 Å². The third kappa shape index (κ3) is 3.02. The summed E-state index contributed by atoms with van der Waals surface area (Å²) >= 11 is 0. The fraction of sp³-hybridized carbons (Fsp3) is 0.0625. The van der Waals surface area contributed by atoms with Crippen molar-refractivity contribution in [3.63, 3.8) is 0 Å². The number of nitrogens with zero attached hydrogens (tertiary/aromatic N) is 1. The molecule has 1 aromatic carbocycles. The first-order chi connectivity index (χ1) is 12.2. The summed E-state index contributed by atoms with van der Waals surface area (Å²) in [7, 11) is 0. The van der Waals surface area contributed by atoms with Crippen LogP contribution in [-0.2, 0) is 0 Å². The second-order valence-electron chi connectivity index (χ2n) is 4.99. The molecule has 2 amide bonds. The third-order valence-corrected chi connectivity index (χ3v) is 3.33. The molecule has 3 aromatic rings. The average Bonchev–Trinajstić information content (AvgIpc) is 3.35. The number of furan rings is 1. The zero-order valence-electron chi connectivity index (χ0n) is 12.6. The first-order valence-corrected chi connectivity index (χ1v) is 7.20. The fourth-order valence-electron chi connectivity index (χ4n) is 2.17. The molecule has 0 bridgehead atoms. The maximum atomic E-state index is 12.2. The number of benzene rings is 1. The Kier molecular flexibility index (Phi) is 3.58. The number of anilines is 2. The van der Waals surface area contributed by atoms with Crippen LogP contribution in [0.15, 0.2) is 51.7 Å². The van der Waals surface area contributed by atoms with E-state index in [1.807, 2.05) is 0 Å². The summed E-state index contributed by atoms with van der Waals surface area (Å²) in [5.41, 5.74) is 0.519. The highest BCUT2D eigenvalue weighted by molar-refractivity contribution is 6.04. The van der Waals surface area contributed by atoms with Crippen molar-refractivity contribution in [3.8, 4) is 11.5 Å². The predicted octanol–water partition coefficient (Wildman–Crippen LogP) is 2.50. The van der Waals surface area contributed by atoms with Crippen molar-refractivity contribution >= 4 is 23.5 Å². The molecule has 0 fully saturated rings. The lowest BCUT2D eigenvalue weighted by atomic mass is 10.2. The average molecular weight is 341 g/mol. The van der Waals surface area contributed by atoms with Crippen LogP contribution in [0.25, 0.3) is 0 Å². The van der Waals surface area contributed by atoms with Crippen molar-refractivity contribution in [2.45, 2.75) is 0 Å². The first-order valence-electron chi connectivity index (χ1n) is 7.20. The highest BCUT2D eigenvalue weighted by Gasteiger charge is 2.18. The maximum absolute atomic E-state index is 12.2. The van der Waals surface area contributed by atoms with Gasteiger partial charge in [0.1, 0.15) is 6.26 Å². The molecule has 3 heterocycles. The summed E-state index contributed by atoms with van der Waals surface area (Å²) in [6, 6.07) is 7.96. The molecule has 9 nitrogen and oxygen atoms in total. The van der Waals surface area contributed by atoms with Gasteiger partial charge in [-0.1, -0.05) is 0 Å². The number of hydrogen-bond acceptors (Lipinski definition) is 7. The smallest absolute Gasteiger partial charge is 0.302 e. The van der Waals surface area contributed by atoms with Gasteiger partial charge in [-0.25, -0.2) is 0 Å². The largest absolute Gasteiger partial charge is 0.459 e. The molecule has 4 rings (SSSR count). The normalized spacial score (nSPS) is 12.0. The van der Waals surface area contributed by atoms with Gasteiger partial charge in [-0.05, 0) is 24.3 Å². The summed E-state index contributed by atoms with van der Waals surface area (Å²) in [6.45, 7) is 0.148. The van der Waals surface area contributed by atoms with Gasteiger partial charge in [0.05, 0.1) is 6.26 Å². The Morgan fingerprint density at radius 2 is 1.88 bits per heavy atom. The number of ether oxygens (including phenoxy) is 2. The summed E-state index contributed by atoms with van der Waals surface area (Å²) in [6.07, 6.45) is 2.51. The van der Waals surface area contributed by atoms with E-state index in [9.17, 15) is 9.59 Å². The number of oxazole rings is 1. The Labute approximate surface area is 140 Å². The van der Waals surface area contributed by atoms with E-state index in [1.165, 1.54) is 12.3 Å². The van der Waals surface area contributed by atoms with Gasteiger partial charge in [0.2, 0.25) is 6.79 Å². The van der Waals surface area contributed by atoms with Gasteiger partial charge in [-0.2, -0.15) is 4.98 Å². The maximum Gasteiger partial charge on any atom is 0.302 e. The minimum absolute atomic E-state index is 0.00686. The van der Waals surface area contributed by atoms with Crippen LogP contribution in [0.4, 0.5) is 11.7 Å². The molecule has 126 valence electrons. The molecular formula is C16H11N3O6. The van der Waals surface area contributed by atoms with Gasteiger partial charge in [-0.3, -0.25) is 14.9 Å². The first kappa shape index (κ1) is 14.8. The monoisotopic (exact) mass is 341 g/mol. The van der Waals surface area contributed by atoms with Crippen LogP contribution in [0.5, 0.6) is 11.5 Å². The molecule has 9 heteroatoms. The number of carbonyl (C=O) groups is 2. The van der Waals surface area contributed by atoms with E-state index in [-0.39, 0.29) is 24.3 Å². The van der Waals surface area contributed by atoms with E-state index >= 15 is 0 Å². The van der Waals surface area contributed by atoms with Gasteiger partial charge < -0.3 is 23.6 Å². The van der Waals surface area contributed by atoms with Crippen molar-refractivity contribution < 1.29 is 27.9 Å². The third-order valence-electron chi connectivity index (χ3n) is 3.33. The molecule has 0 atom stereocenters. The lowest BCUT2D eigenvalue weighted by Gasteiger charge is -2.03. The van der Waals surface area contributed by atoms with Crippen LogP contribution in [0.3, 0.4) is 0 Å². The van der Waals surface area contributed by atoms with E-state index in [1.54, 1.807) is 24.3 Å². The Bertz CT molecular complexity index is 931. The van der Waals surface area contributed by atoms with E-state index < -0.39 is 11.8 Å². The number of rotatable bonds is 4. The SMILES string of the molecule is O=C(Nc1ccc2c(c1)OCO2)c1coc(NC(=O)c2ccco2)n1. The molecule has 0 saturated carbocycles. The summed E-state index contributed by atoms with van der Waals surface area (Å²) in [5.74, 6) is 0.229. The number of carbonyl (C=O) groups excluding carboxylic acids is 2. The van der Waals surface area contributed by atoms with Gasteiger partial charge in [0.25, 0.3) is 11.8 Å². The molecule has 0 radical (unpaired) electrons. The lowest BCUT2D eigenvalue weighted by Crippen LogP contribution is -2.14. The zero-order chi connectivity index (χ0) is 17.2. The molecule has 1 aliphatic heterocycles. The summed E-state index contributed by atoms with van der Waals surface area (Å²) < 4.78 is 20.5. The summed E-state index contributed by atoms with van der Waals surface area (Å²) in [4.78, 5) is 27.9. The van der Waals surface area contributed by atoms with Crippen LogP contribution in [-0.4, -0.2) is 23.6 Å². The number of hydrogen-bond donors (Lipinski definition) is 2. The number of aromatic nitrogens is 1. The molecule has 2 aromatic heterocycles. The molecule has 25 heavy (non-hydrogen) atoms. The Morgan fingerprint density at radius 3 is 2.72 bits per heavy atom. The number of nitrogens with one attached hydrogen (secondary N) is 2. The quantitative estimate of drug-likeness (QED) is 0.749. The topological polar surface area (TPSA) is 116 Å². The van der Waals surface area contributed by atoms with Gasteiger partial charge in [0, 0.05) is 11.8 Å². The minimum Gasteiger partial charge on any atom is -0.459 e. The Morgan fingerprint density at radius 1 is 1.00 bits per heavy atom. The zero-order valence-corrected chi connectivity index (χ0v) is 12.6. The number of fused-ring (bicyclic) bond motifs is 1. The summed E-state index contributed by atoms with van der Waals surface area (Å²) in [5, 5.41) is 5.04. The van der Waals surface area contributed by atoms with Crippen molar-refractivity contribution in [2.75, 3.05) is 17.4 Å². The van der Waals surface area contributed by atoms with Gasteiger partial charge in [0.15, 0.2) is 23.0 Å². The molecule has 1 aliphatic rings. The predicted molar refractivity (Wildman–Crippen MR) is 83.7 cm³/mol. The fourth-order valence-corrected chi connectivity index (χ4v) is 2.17. The molecule has 0 spiro atoms. The van der Waals surface area contributed by atoms with Crippen LogP contribution in [0.2, 0.25) is 0 Å². The van der Waals surface area contributed by atoms with Crippen molar-refractivity contribution in [2.24, 2.45) is 0 Å². The van der Waals surface area contributed by atoms with Crippen molar-refractivity contribution in [1.82, 2.24) is 4.98 Å². The highest BCUT2D eigenvalue weighted by Crippen LogP contribution is 2.34. The standard InChI is InChI=1S/C16H11N3O6/c20-14(17-9-3-4-11-13(6-9)25-8-24-11)10-7-23-16(18-10)19-15(21)12-2-1-5-22-12/h1-7H,8H2,(H,17,20)(H,18,19,21). The van der Waals surface area contributed by atoms with Crippen LogP contribution in [0.1, 0.15) is 21.0 Å². The molecule has 0 unspecified atom stereocenters. The highest BCUT2D eigenvalue weighted by atomic mass is 16.7. The van der Waals surface area contributed by atoms with E-state index in [0.29, 0.717) is 17.2 Å². The van der Waals surface area contributed by atoms with Crippen molar-refractivity contribution in [3.05, 3.63) is 54.3 Å². The van der Waals surface area contributed by atoms with Crippen LogP contribution in [0, 0.1) is 0 Å². The van der Waals surface area contributed by atoms with E-state index in [0.717, 1.165) is 6.26 Å². The van der Waals surface area contributed by atoms with Crippen LogP contribution >= 0.6 is 0 Å². The second-order valence-corrected chi connectivity index (χ2v) is 4.99. The molecule has 0 aliphatic carbocycles. The lowest BCUT2D eigenvalue weighted by molar-refractivity contribution is 0.0990. The Hall–Kier alpha value is -3.75. The Balaban J connectivity index is 1.43. The molecule has 0 saturated heterocycles. The van der Waals surface area contributed by atoms with E-state index in [4.69, 9.17) is 18.3 Å². The molecule has 2 N–H and O–H groups in total. The molecular weight excluding hydrogens is 330 g/mol. The minimum atomic E-state index is -0.533. The number of amides is 2. The van der Waals surface area contributed by atoms with Gasteiger partial charge in [-0.15, -0.1) is 0 Å². The van der Waals surface area contributed by atoms with Crippen LogP contribution < -0.4 is 20.1 Å².